The molecule has 5 nitrogen and oxygen atoms in total. The molecule has 0 radical (unpaired) electrons. The molecule has 116 valence electrons. The molecule has 1 atom stereocenters. The van der Waals surface area contributed by atoms with Crippen LogP contribution in [0.15, 0.2) is 12.1 Å². The Morgan fingerprint density at radius 2 is 1.90 bits per heavy atom. The van der Waals surface area contributed by atoms with E-state index in [2.05, 4.69) is 10.6 Å². The number of rotatable bonds is 5. The SMILES string of the molecule is COc1cc(Cl)c(C)cc1NC(=O)C(NC(C)=O)C(C)C. The highest BCUT2D eigenvalue weighted by atomic mass is 35.5. The highest BCUT2D eigenvalue weighted by Gasteiger charge is 2.24. The van der Waals surface area contributed by atoms with Crippen molar-refractivity contribution in [2.24, 2.45) is 5.92 Å². The fourth-order valence-electron chi connectivity index (χ4n) is 1.89. The van der Waals surface area contributed by atoms with Crippen LogP contribution in [0.2, 0.25) is 5.02 Å². The van der Waals surface area contributed by atoms with Crippen molar-refractivity contribution in [2.75, 3.05) is 12.4 Å². The Morgan fingerprint density at radius 1 is 1.29 bits per heavy atom. The Balaban J connectivity index is 3.00. The van der Waals surface area contributed by atoms with Crippen LogP contribution >= 0.6 is 11.6 Å². The predicted octanol–water partition coefficient (Wildman–Crippen LogP) is 2.76. The molecule has 6 heteroatoms. The number of carbonyl (C=O) groups is 2. The molecule has 1 aromatic rings. The lowest BCUT2D eigenvalue weighted by Gasteiger charge is -2.22. The molecule has 2 N–H and O–H groups in total. The van der Waals surface area contributed by atoms with E-state index in [0.717, 1.165) is 5.56 Å². The van der Waals surface area contributed by atoms with Gasteiger partial charge in [0.2, 0.25) is 11.8 Å². The fourth-order valence-corrected chi connectivity index (χ4v) is 2.05. The van der Waals surface area contributed by atoms with Crippen LogP contribution < -0.4 is 15.4 Å². The zero-order valence-electron chi connectivity index (χ0n) is 12.9. The molecule has 0 bridgehead atoms. The summed E-state index contributed by atoms with van der Waals surface area (Å²) in [5, 5.41) is 5.99. The van der Waals surface area contributed by atoms with Crippen LogP contribution in [-0.2, 0) is 9.59 Å². The molecule has 1 rings (SSSR count). The van der Waals surface area contributed by atoms with E-state index in [4.69, 9.17) is 16.3 Å². The van der Waals surface area contributed by atoms with Gasteiger partial charge < -0.3 is 15.4 Å². The molecule has 1 aromatic carbocycles. The third-order valence-corrected chi connectivity index (χ3v) is 3.45. The van der Waals surface area contributed by atoms with Crippen molar-refractivity contribution in [1.82, 2.24) is 5.32 Å². The van der Waals surface area contributed by atoms with Gasteiger partial charge in [0.05, 0.1) is 12.8 Å². The van der Waals surface area contributed by atoms with Crippen LogP contribution in [0.25, 0.3) is 0 Å². The first-order valence-electron chi connectivity index (χ1n) is 6.68. The third-order valence-electron chi connectivity index (χ3n) is 3.05. The number of anilines is 1. The van der Waals surface area contributed by atoms with Crippen molar-refractivity contribution in [2.45, 2.75) is 33.7 Å². The molecular formula is C15H21ClN2O3. The van der Waals surface area contributed by atoms with E-state index in [0.29, 0.717) is 16.5 Å². The van der Waals surface area contributed by atoms with E-state index < -0.39 is 6.04 Å². The normalized spacial score (nSPS) is 12.0. The van der Waals surface area contributed by atoms with Crippen LogP contribution in [0, 0.1) is 12.8 Å². The molecule has 0 saturated heterocycles. The van der Waals surface area contributed by atoms with E-state index in [1.54, 1.807) is 12.1 Å². The standard InChI is InChI=1S/C15H21ClN2O3/c1-8(2)14(17-10(4)19)15(20)18-12-6-9(3)11(16)7-13(12)21-5/h6-8,14H,1-5H3,(H,17,19)(H,18,20). The molecule has 21 heavy (non-hydrogen) atoms. The largest absolute Gasteiger partial charge is 0.495 e. The number of methoxy groups -OCH3 is 1. The molecule has 1 unspecified atom stereocenters. The summed E-state index contributed by atoms with van der Waals surface area (Å²) in [4.78, 5) is 23.5. The van der Waals surface area contributed by atoms with E-state index in [1.165, 1.54) is 14.0 Å². The molecule has 0 aliphatic carbocycles. The van der Waals surface area contributed by atoms with Gasteiger partial charge in [-0.1, -0.05) is 25.4 Å². The Bertz CT molecular complexity index is 544. The predicted molar refractivity (Wildman–Crippen MR) is 83.8 cm³/mol. The summed E-state index contributed by atoms with van der Waals surface area (Å²) in [6, 6.07) is 2.78. The monoisotopic (exact) mass is 312 g/mol. The lowest BCUT2D eigenvalue weighted by atomic mass is 10.0. The number of amides is 2. The first-order valence-corrected chi connectivity index (χ1v) is 7.06. The molecule has 2 amide bonds. The van der Waals surface area contributed by atoms with Gasteiger partial charge in [0.15, 0.2) is 0 Å². The highest BCUT2D eigenvalue weighted by molar-refractivity contribution is 6.31. The molecule has 0 heterocycles. The van der Waals surface area contributed by atoms with Crippen molar-refractivity contribution in [1.29, 1.82) is 0 Å². The molecule has 0 aromatic heterocycles. The lowest BCUT2D eigenvalue weighted by Crippen LogP contribution is -2.46. The third kappa shape index (κ3) is 4.63. The van der Waals surface area contributed by atoms with E-state index in [9.17, 15) is 9.59 Å². The van der Waals surface area contributed by atoms with Crippen LogP contribution in [0.1, 0.15) is 26.3 Å². The molecule has 0 fully saturated rings. The topological polar surface area (TPSA) is 67.4 Å². The minimum absolute atomic E-state index is 0.0340. The van der Waals surface area contributed by atoms with Crippen molar-refractivity contribution in [3.63, 3.8) is 0 Å². The van der Waals surface area contributed by atoms with Crippen LogP contribution in [0.4, 0.5) is 5.69 Å². The van der Waals surface area contributed by atoms with E-state index in [-0.39, 0.29) is 17.7 Å². The van der Waals surface area contributed by atoms with Gasteiger partial charge in [-0.3, -0.25) is 9.59 Å². The average molecular weight is 313 g/mol. The van der Waals surface area contributed by atoms with Gasteiger partial charge in [0, 0.05) is 18.0 Å². The number of benzene rings is 1. The van der Waals surface area contributed by atoms with E-state index in [1.807, 2.05) is 20.8 Å². The Hall–Kier alpha value is -1.75. The number of aryl methyl sites for hydroxylation is 1. The molecule has 0 aliphatic heterocycles. The molecule has 0 saturated carbocycles. The Kier molecular flexibility index (Phi) is 6.03. The molecule has 0 spiro atoms. The average Bonchev–Trinajstić information content (AvgIpc) is 2.39. The van der Waals surface area contributed by atoms with Gasteiger partial charge in [0.1, 0.15) is 11.8 Å². The number of halogens is 1. The summed E-state index contributed by atoms with van der Waals surface area (Å²) in [5.41, 5.74) is 1.36. The fraction of sp³-hybridized carbons (Fsp3) is 0.467. The summed E-state index contributed by atoms with van der Waals surface area (Å²) in [7, 11) is 1.50. The Labute approximate surface area is 130 Å². The maximum atomic E-state index is 12.3. The summed E-state index contributed by atoms with van der Waals surface area (Å²) in [6.07, 6.45) is 0. The minimum atomic E-state index is -0.608. The van der Waals surface area contributed by atoms with E-state index >= 15 is 0 Å². The lowest BCUT2D eigenvalue weighted by molar-refractivity contribution is -0.126. The van der Waals surface area contributed by atoms with Gasteiger partial charge >= 0.3 is 0 Å². The quantitative estimate of drug-likeness (QED) is 0.878. The number of hydrogen-bond donors (Lipinski definition) is 2. The van der Waals surface area contributed by atoms with Gasteiger partial charge in [-0.05, 0) is 24.5 Å². The number of hydrogen-bond acceptors (Lipinski definition) is 3. The summed E-state index contributed by atoms with van der Waals surface area (Å²) in [6.45, 7) is 6.95. The molecule has 0 aliphatic rings. The van der Waals surface area contributed by atoms with Gasteiger partial charge in [-0.15, -0.1) is 0 Å². The highest BCUT2D eigenvalue weighted by Crippen LogP contribution is 2.31. The van der Waals surface area contributed by atoms with Crippen LogP contribution in [-0.4, -0.2) is 25.0 Å². The first kappa shape index (κ1) is 17.3. The van der Waals surface area contributed by atoms with Crippen LogP contribution in [0.5, 0.6) is 5.75 Å². The second-order valence-electron chi connectivity index (χ2n) is 5.21. The summed E-state index contributed by atoms with van der Waals surface area (Å²) >= 11 is 6.03. The van der Waals surface area contributed by atoms with Crippen molar-refractivity contribution >= 4 is 29.1 Å². The first-order chi connectivity index (χ1) is 9.76. The number of ether oxygens (including phenoxy) is 1. The number of carbonyl (C=O) groups excluding carboxylic acids is 2. The minimum Gasteiger partial charge on any atom is -0.495 e. The van der Waals surface area contributed by atoms with Gasteiger partial charge in [-0.25, -0.2) is 0 Å². The zero-order valence-corrected chi connectivity index (χ0v) is 13.7. The van der Waals surface area contributed by atoms with Gasteiger partial charge in [0.25, 0.3) is 0 Å². The maximum absolute atomic E-state index is 12.3. The van der Waals surface area contributed by atoms with Crippen LogP contribution in [0.3, 0.4) is 0 Å². The second kappa shape index (κ2) is 7.31. The van der Waals surface area contributed by atoms with Crippen molar-refractivity contribution < 1.29 is 14.3 Å². The second-order valence-corrected chi connectivity index (χ2v) is 5.62. The van der Waals surface area contributed by atoms with Crippen molar-refractivity contribution in [3.05, 3.63) is 22.7 Å². The summed E-state index contributed by atoms with van der Waals surface area (Å²) < 4.78 is 5.22. The Morgan fingerprint density at radius 3 is 2.38 bits per heavy atom. The number of nitrogens with one attached hydrogen (secondary N) is 2. The van der Waals surface area contributed by atoms with Crippen molar-refractivity contribution in [3.8, 4) is 5.75 Å². The summed E-state index contributed by atoms with van der Waals surface area (Å²) in [5.74, 6) is -0.0964. The zero-order chi connectivity index (χ0) is 16.2. The maximum Gasteiger partial charge on any atom is 0.247 e. The smallest absolute Gasteiger partial charge is 0.247 e. The molecular weight excluding hydrogens is 292 g/mol. The van der Waals surface area contributed by atoms with Gasteiger partial charge in [-0.2, -0.15) is 0 Å².